The molecule has 0 atom stereocenters. The molecule has 0 unspecified atom stereocenters. The Morgan fingerprint density at radius 2 is 1.60 bits per heavy atom. The van der Waals surface area contributed by atoms with Crippen LogP contribution in [0, 0.1) is 0 Å². The van der Waals surface area contributed by atoms with E-state index in [0.29, 0.717) is 5.56 Å². The third-order valence-electron chi connectivity index (χ3n) is 4.35. The lowest BCUT2D eigenvalue weighted by Gasteiger charge is -2.27. The number of hydrogen-bond acceptors (Lipinski definition) is 4. The van der Waals surface area contributed by atoms with E-state index in [1.807, 2.05) is 24.3 Å². The Bertz CT molecular complexity index is 740. The molecule has 2 rings (SSSR count). The van der Waals surface area contributed by atoms with Crippen LogP contribution in [0.3, 0.4) is 0 Å². The summed E-state index contributed by atoms with van der Waals surface area (Å²) in [5.41, 5.74) is 16.1. The molecule has 0 saturated carbocycles. The predicted octanol–water partition coefficient (Wildman–Crippen LogP) is 3.81. The average molecular weight is 341 g/mol. The highest BCUT2D eigenvalue weighted by molar-refractivity contribution is 6.00. The van der Waals surface area contributed by atoms with Crippen LogP contribution in [0.1, 0.15) is 61.0 Å². The average Bonchev–Trinajstić information content (AvgIpc) is 2.59. The topological polar surface area (TPSA) is 92.6 Å². The zero-order valence-corrected chi connectivity index (χ0v) is 15.3. The second-order valence-corrected chi connectivity index (χ2v) is 6.80. The van der Waals surface area contributed by atoms with E-state index in [0.717, 1.165) is 33.0 Å². The lowest BCUT2D eigenvalue weighted by Crippen LogP contribution is -2.28. The number of rotatable bonds is 6. The van der Waals surface area contributed by atoms with Crippen molar-refractivity contribution in [3.05, 3.63) is 53.1 Å². The molecule has 0 aliphatic rings. The van der Waals surface area contributed by atoms with E-state index < -0.39 is 5.91 Å². The molecular weight excluding hydrogens is 314 g/mol. The third-order valence-corrected chi connectivity index (χ3v) is 4.35. The molecule has 0 radical (unpaired) electrons. The van der Waals surface area contributed by atoms with Crippen LogP contribution in [0.5, 0.6) is 0 Å². The minimum Gasteiger partial charge on any atom is -0.366 e. The molecule has 0 bridgehead atoms. The zero-order chi connectivity index (χ0) is 18.7. The fourth-order valence-electron chi connectivity index (χ4n) is 3.05. The van der Waals surface area contributed by atoms with Crippen LogP contribution < -0.4 is 16.5 Å². The normalized spacial score (nSPS) is 11.2. The summed E-state index contributed by atoms with van der Waals surface area (Å²) in [5, 5.41) is 11.4. The lowest BCUT2D eigenvalue weighted by atomic mass is 9.87. The van der Waals surface area contributed by atoms with Gasteiger partial charge >= 0.3 is 0 Å². The Morgan fingerprint density at radius 3 is 2.04 bits per heavy atom. The summed E-state index contributed by atoms with van der Waals surface area (Å²) in [6.45, 7) is 8.28. The maximum absolute atomic E-state index is 11.8. The number of nitrogens with two attached hydrogens (primary N) is 2. The van der Waals surface area contributed by atoms with Crippen molar-refractivity contribution < 1.29 is 10.0 Å². The second kappa shape index (κ2) is 7.68. The number of primary amides is 1. The molecule has 134 valence electrons. The van der Waals surface area contributed by atoms with Gasteiger partial charge in [-0.15, -0.1) is 0 Å². The van der Waals surface area contributed by atoms with Crippen molar-refractivity contribution in [2.75, 3.05) is 11.7 Å². The summed E-state index contributed by atoms with van der Waals surface area (Å²) in [7, 11) is 0. The molecule has 1 amide bonds. The number of amides is 1. The van der Waals surface area contributed by atoms with E-state index in [1.165, 1.54) is 0 Å². The molecule has 5 heteroatoms. The Hall–Kier alpha value is -2.37. The maximum Gasteiger partial charge on any atom is 0.249 e. The number of hydrogen-bond donors (Lipinski definition) is 3. The van der Waals surface area contributed by atoms with Crippen molar-refractivity contribution in [3.63, 3.8) is 0 Å². The predicted molar refractivity (Wildman–Crippen MR) is 102 cm³/mol. The number of benzene rings is 2. The van der Waals surface area contributed by atoms with E-state index >= 15 is 0 Å². The van der Waals surface area contributed by atoms with Crippen LogP contribution in [0.25, 0.3) is 11.1 Å². The van der Waals surface area contributed by atoms with Gasteiger partial charge < -0.3 is 11.5 Å². The molecule has 2 aromatic rings. The summed E-state index contributed by atoms with van der Waals surface area (Å²) in [5.74, 6) is -0.105. The Kier molecular flexibility index (Phi) is 5.82. The molecule has 0 fully saturated rings. The van der Waals surface area contributed by atoms with E-state index in [-0.39, 0.29) is 18.5 Å². The van der Waals surface area contributed by atoms with Gasteiger partial charge in [0, 0.05) is 5.56 Å². The van der Waals surface area contributed by atoms with Gasteiger partial charge in [-0.25, -0.2) is 5.06 Å². The zero-order valence-electron chi connectivity index (χ0n) is 15.3. The van der Waals surface area contributed by atoms with Crippen molar-refractivity contribution in [1.29, 1.82) is 0 Å². The molecule has 5 N–H and O–H groups in total. The quantitative estimate of drug-likeness (QED) is 0.550. The van der Waals surface area contributed by atoms with Crippen LogP contribution in [-0.2, 0) is 0 Å². The van der Waals surface area contributed by atoms with Crippen LogP contribution in [0.4, 0.5) is 5.69 Å². The molecule has 25 heavy (non-hydrogen) atoms. The number of nitrogens with zero attached hydrogens (tertiary/aromatic N) is 1. The van der Waals surface area contributed by atoms with Crippen molar-refractivity contribution in [2.45, 2.75) is 39.5 Å². The fourth-order valence-corrected chi connectivity index (χ4v) is 3.05. The first-order valence-corrected chi connectivity index (χ1v) is 8.51. The molecule has 2 aromatic carbocycles. The van der Waals surface area contributed by atoms with Gasteiger partial charge in [0.25, 0.3) is 0 Å². The van der Waals surface area contributed by atoms with E-state index in [4.69, 9.17) is 11.5 Å². The Morgan fingerprint density at radius 1 is 1.08 bits per heavy atom. The molecule has 5 nitrogen and oxygen atoms in total. The minimum atomic E-state index is -0.456. The number of carbonyl (C=O) groups is 1. The summed E-state index contributed by atoms with van der Waals surface area (Å²) in [4.78, 5) is 11.8. The SMILES string of the molecule is CC(C)c1cc(-c2ccccc2C(N)=O)cc(C(C)C)c1N(O)CN. The van der Waals surface area contributed by atoms with Gasteiger partial charge in [-0.3, -0.25) is 10.0 Å². The lowest BCUT2D eigenvalue weighted by molar-refractivity contribution is 0.100. The molecule has 0 saturated heterocycles. The van der Waals surface area contributed by atoms with Crippen molar-refractivity contribution in [3.8, 4) is 11.1 Å². The summed E-state index contributed by atoms with van der Waals surface area (Å²) >= 11 is 0. The standard InChI is InChI=1S/C20H27N3O2/c1-12(2)17-9-14(15-7-5-6-8-16(15)20(22)24)10-18(13(3)4)19(17)23(25)11-21/h5-10,12-13,25H,11,21H2,1-4H3,(H2,22,24). The largest absolute Gasteiger partial charge is 0.366 e. The van der Waals surface area contributed by atoms with Gasteiger partial charge in [-0.2, -0.15) is 0 Å². The fraction of sp³-hybridized carbons (Fsp3) is 0.350. The van der Waals surface area contributed by atoms with Gasteiger partial charge in [-0.1, -0.05) is 45.9 Å². The molecule has 0 heterocycles. The van der Waals surface area contributed by atoms with Crippen LogP contribution in [0.2, 0.25) is 0 Å². The van der Waals surface area contributed by atoms with Gasteiger partial charge in [0.15, 0.2) is 0 Å². The monoisotopic (exact) mass is 341 g/mol. The number of anilines is 1. The highest BCUT2D eigenvalue weighted by Crippen LogP contribution is 2.39. The molecule has 0 aromatic heterocycles. The van der Waals surface area contributed by atoms with Crippen LogP contribution in [0.15, 0.2) is 36.4 Å². The highest BCUT2D eigenvalue weighted by atomic mass is 16.5. The molecule has 0 spiro atoms. The van der Waals surface area contributed by atoms with Gasteiger partial charge in [0.2, 0.25) is 5.91 Å². The molecule has 0 aliphatic heterocycles. The summed E-state index contributed by atoms with van der Waals surface area (Å²) < 4.78 is 0. The van der Waals surface area contributed by atoms with Crippen LogP contribution >= 0.6 is 0 Å². The highest BCUT2D eigenvalue weighted by Gasteiger charge is 2.21. The van der Waals surface area contributed by atoms with Gasteiger partial charge in [0.05, 0.1) is 12.4 Å². The maximum atomic E-state index is 11.8. The van der Waals surface area contributed by atoms with Crippen molar-refractivity contribution in [1.82, 2.24) is 0 Å². The first-order chi connectivity index (χ1) is 11.8. The Labute approximate surface area is 149 Å². The summed E-state index contributed by atoms with van der Waals surface area (Å²) in [6, 6.07) is 11.3. The first-order valence-electron chi connectivity index (χ1n) is 8.51. The van der Waals surface area contributed by atoms with Gasteiger partial charge in [-0.05, 0) is 52.3 Å². The summed E-state index contributed by atoms with van der Waals surface area (Å²) in [6.07, 6.45) is 0. The van der Waals surface area contributed by atoms with E-state index in [1.54, 1.807) is 12.1 Å². The first kappa shape index (κ1) is 19.0. The minimum absolute atomic E-state index is 0.0106. The Balaban J connectivity index is 2.80. The van der Waals surface area contributed by atoms with Crippen LogP contribution in [-0.4, -0.2) is 17.8 Å². The number of carbonyl (C=O) groups excluding carboxylic acids is 1. The van der Waals surface area contributed by atoms with E-state index in [2.05, 4.69) is 27.7 Å². The third kappa shape index (κ3) is 3.83. The van der Waals surface area contributed by atoms with Crippen molar-refractivity contribution in [2.24, 2.45) is 11.5 Å². The van der Waals surface area contributed by atoms with Crippen molar-refractivity contribution >= 4 is 11.6 Å². The molecular formula is C20H27N3O2. The second-order valence-electron chi connectivity index (χ2n) is 6.80. The molecule has 0 aliphatic carbocycles. The number of hydroxylamine groups is 1. The van der Waals surface area contributed by atoms with Gasteiger partial charge in [0.1, 0.15) is 0 Å². The van der Waals surface area contributed by atoms with E-state index in [9.17, 15) is 10.0 Å². The smallest absolute Gasteiger partial charge is 0.249 e.